The molecule has 0 saturated heterocycles. The van der Waals surface area contributed by atoms with E-state index in [9.17, 15) is 26.4 Å². The molecular weight excluding hydrogens is 508 g/mol. The molecule has 0 saturated carbocycles. The van der Waals surface area contributed by atoms with E-state index in [4.69, 9.17) is 23.2 Å². The predicted molar refractivity (Wildman–Crippen MR) is 115 cm³/mol. The van der Waals surface area contributed by atoms with Gasteiger partial charge in [-0.05, 0) is 50.2 Å². The summed E-state index contributed by atoms with van der Waals surface area (Å²) in [5, 5.41) is 12.6. The van der Waals surface area contributed by atoms with Gasteiger partial charge in [0.05, 0.1) is 15.6 Å². The minimum Gasteiger partial charge on any atom is -0.324 e. The minimum atomic E-state index is -4.77. The highest BCUT2D eigenvalue weighted by molar-refractivity contribution is 7.92. The Labute approximate surface area is 196 Å². The van der Waals surface area contributed by atoms with Gasteiger partial charge in [-0.3, -0.25) is 14.2 Å². The van der Waals surface area contributed by atoms with Gasteiger partial charge in [0.1, 0.15) is 6.04 Å². The standard InChI is InChI=1S/C18H15Cl2F3N6O3S/c1-9-15(20)16(18(21,22)23)27-29(9)10(2)17(30)24-11-3-5-12(6-4-11)33(31,32)28-14-8-7-13(19)25-26-14/h3-8,10H,1-2H3,(H,24,30)(H,26,28). The minimum absolute atomic E-state index is 0.0237. The molecule has 1 aromatic carbocycles. The molecule has 33 heavy (non-hydrogen) atoms. The van der Waals surface area contributed by atoms with Gasteiger partial charge < -0.3 is 5.32 Å². The number of carbonyl (C=O) groups excluding carboxylic acids is 1. The molecule has 1 amide bonds. The van der Waals surface area contributed by atoms with Crippen molar-refractivity contribution in [3.8, 4) is 0 Å². The van der Waals surface area contributed by atoms with Crippen molar-refractivity contribution in [2.45, 2.75) is 31.0 Å². The van der Waals surface area contributed by atoms with Gasteiger partial charge in [-0.15, -0.1) is 10.2 Å². The number of benzene rings is 1. The third-order valence-corrected chi connectivity index (χ3v) is 6.42. The van der Waals surface area contributed by atoms with E-state index in [2.05, 4.69) is 25.3 Å². The molecule has 0 aliphatic rings. The van der Waals surface area contributed by atoms with Crippen LogP contribution in [-0.4, -0.2) is 34.3 Å². The van der Waals surface area contributed by atoms with Crippen LogP contribution in [0.3, 0.4) is 0 Å². The number of amides is 1. The van der Waals surface area contributed by atoms with Crippen LogP contribution in [0.1, 0.15) is 24.4 Å². The Kier molecular flexibility index (Phi) is 6.86. The van der Waals surface area contributed by atoms with Gasteiger partial charge in [0.25, 0.3) is 10.0 Å². The van der Waals surface area contributed by atoms with E-state index in [0.29, 0.717) is 0 Å². The summed E-state index contributed by atoms with van der Waals surface area (Å²) in [6.45, 7) is 2.66. The fourth-order valence-electron chi connectivity index (χ4n) is 2.70. The molecule has 3 rings (SSSR count). The Hall–Kier alpha value is -2.90. The van der Waals surface area contributed by atoms with Crippen LogP contribution >= 0.6 is 23.2 Å². The molecule has 0 radical (unpaired) electrons. The summed E-state index contributed by atoms with van der Waals surface area (Å²) in [5.74, 6) is -0.728. The summed E-state index contributed by atoms with van der Waals surface area (Å²) in [6.07, 6.45) is -4.77. The molecule has 0 fully saturated rings. The zero-order valence-electron chi connectivity index (χ0n) is 16.9. The lowest BCUT2D eigenvalue weighted by atomic mass is 10.2. The highest BCUT2D eigenvalue weighted by atomic mass is 35.5. The number of carbonyl (C=O) groups is 1. The molecule has 2 aromatic heterocycles. The van der Waals surface area contributed by atoms with Crippen molar-refractivity contribution in [3.63, 3.8) is 0 Å². The molecule has 176 valence electrons. The van der Waals surface area contributed by atoms with Crippen LogP contribution in [-0.2, 0) is 21.0 Å². The first-order valence-electron chi connectivity index (χ1n) is 9.04. The largest absolute Gasteiger partial charge is 0.436 e. The predicted octanol–water partition coefficient (Wildman–Crippen LogP) is 4.31. The average molecular weight is 523 g/mol. The molecule has 1 atom stereocenters. The number of sulfonamides is 1. The Morgan fingerprint density at radius 1 is 1.09 bits per heavy atom. The van der Waals surface area contributed by atoms with E-state index in [1.807, 2.05) is 0 Å². The second-order valence-corrected chi connectivity index (χ2v) is 9.17. The molecule has 0 aliphatic heterocycles. The molecule has 9 nitrogen and oxygen atoms in total. The van der Waals surface area contributed by atoms with Crippen molar-refractivity contribution in [1.29, 1.82) is 0 Å². The number of hydrogen-bond acceptors (Lipinski definition) is 6. The lowest BCUT2D eigenvalue weighted by Crippen LogP contribution is -2.25. The van der Waals surface area contributed by atoms with Gasteiger partial charge in [0, 0.05) is 5.69 Å². The van der Waals surface area contributed by atoms with E-state index < -0.39 is 38.9 Å². The SMILES string of the molecule is Cc1c(Cl)c(C(F)(F)F)nn1C(C)C(=O)Nc1ccc(S(=O)(=O)Nc2ccc(Cl)nn2)cc1. The van der Waals surface area contributed by atoms with Crippen LogP contribution in [0.4, 0.5) is 24.7 Å². The maximum atomic E-state index is 13.0. The monoisotopic (exact) mass is 522 g/mol. The molecule has 3 aromatic rings. The molecule has 1 unspecified atom stereocenters. The van der Waals surface area contributed by atoms with Crippen molar-refractivity contribution in [2.24, 2.45) is 0 Å². The Morgan fingerprint density at radius 2 is 1.73 bits per heavy atom. The van der Waals surface area contributed by atoms with Crippen LogP contribution < -0.4 is 10.0 Å². The lowest BCUT2D eigenvalue weighted by Gasteiger charge is -2.15. The summed E-state index contributed by atoms with van der Waals surface area (Å²) < 4.78 is 67.0. The van der Waals surface area contributed by atoms with Crippen LogP contribution in [0, 0.1) is 6.92 Å². The van der Waals surface area contributed by atoms with Gasteiger partial charge >= 0.3 is 6.18 Å². The van der Waals surface area contributed by atoms with Crippen molar-refractivity contribution < 1.29 is 26.4 Å². The summed E-state index contributed by atoms with van der Waals surface area (Å²) >= 11 is 11.3. The normalized spacial score (nSPS) is 12.9. The summed E-state index contributed by atoms with van der Waals surface area (Å²) in [5.41, 5.74) is -1.10. The topological polar surface area (TPSA) is 119 Å². The molecule has 2 N–H and O–H groups in total. The highest BCUT2D eigenvalue weighted by Gasteiger charge is 2.39. The van der Waals surface area contributed by atoms with Gasteiger partial charge in [-0.1, -0.05) is 23.2 Å². The van der Waals surface area contributed by atoms with Crippen molar-refractivity contribution >= 4 is 50.6 Å². The lowest BCUT2D eigenvalue weighted by molar-refractivity contribution is -0.141. The van der Waals surface area contributed by atoms with Gasteiger partial charge in [0.15, 0.2) is 16.7 Å². The maximum absolute atomic E-state index is 13.0. The number of anilines is 2. The Bertz CT molecular complexity index is 1280. The number of alkyl halides is 3. The van der Waals surface area contributed by atoms with Crippen molar-refractivity contribution in [1.82, 2.24) is 20.0 Å². The summed E-state index contributed by atoms with van der Waals surface area (Å²) in [4.78, 5) is 12.4. The molecule has 2 heterocycles. The number of rotatable bonds is 6. The van der Waals surface area contributed by atoms with Crippen LogP contribution in [0.15, 0.2) is 41.3 Å². The van der Waals surface area contributed by atoms with E-state index in [0.717, 1.165) is 4.68 Å². The number of aromatic nitrogens is 4. The van der Waals surface area contributed by atoms with E-state index in [1.165, 1.54) is 50.2 Å². The van der Waals surface area contributed by atoms with E-state index in [1.54, 1.807) is 0 Å². The third-order valence-electron chi connectivity index (χ3n) is 4.39. The molecular formula is C18H15Cl2F3N6O3S. The van der Waals surface area contributed by atoms with Crippen LogP contribution in [0.2, 0.25) is 10.2 Å². The fourth-order valence-corrected chi connectivity index (χ4v) is 4.03. The van der Waals surface area contributed by atoms with Gasteiger partial charge in [0.2, 0.25) is 5.91 Å². The number of nitrogens with zero attached hydrogens (tertiary/aromatic N) is 4. The number of halogens is 5. The van der Waals surface area contributed by atoms with E-state index in [-0.39, 0.29) is 27.2 Å². The number of hydrogen-bond donors (Lipinski definition) is 2. The molecule has 0 spiro atoms. The third kappa shape index (κ3) is 5.54. The fraction of sp³-hybridized carbons (Fsp3) is 0.222. The summed E-state index contributed by atoms with van der Waals surface area (Å²) in [6, 6.07) is 6.64. The highest BCUT2D eigenvalue weighted by Crippen LogP contribution is 2.36. The first-order valence-corrected chi connectivity index (χ1v) is 11.3. The van der Waals surface area contributed by atoms with Crippen molar-refractivity contribution in [3.05, 3.63) is 58.0 Å². The first-order chi connectivity index (χ1) is 15.3. The zero-order chi connectivity index (χ0) is 24.6. The summed E-state index contributed by atoms with van der Waals surface area (Å²) in [7, 11) is -4.00. The van der Waals surface area contributed by atoms with E-state index >= 15 is 0 Å². The van der Waals surface area contributed by atoms with Crippen molar-refractivity contribution in [2.75, 3.05) is 10.0 Å². The zero-order valence-corrected chi connectivity index (χ0v) is 19.2. The molecule has 15 heteroatoms. The second kappa shape index (κ2) is 9.15. The smallest absolute Gasteiger partial charge is 0.324 e. The number of nitrogens with one attached hydrogen (secondary N) is 2. The van der Waals surface area contributed by atoms with Gasteiger partial charge in [-0.2, -0.15) is 18.3 Å². The first kappa shape index (κ1) is 24.7. The van der Waals surface area contributed by atoms with Crippen LogP contribution in [0.5, 0.6) is 0 Å². The molecule has 0 aliphatic carbocycles. The Balaban J connectivity index is 1.73. The second-order valence-electron chi connectivity index (χ2n) is 6.73. The quantitative estimate of drug-likeness (QED) is 0.497. The molecule has 0 bridgehead atoms. The van der Waals surface area contributed by atoms with Crippen LogP contribution in [0.25, 0.3) is 0 Å². The van der Waals surface area contributed by atoms with Gasteiger partial charge in [-0.25, -0.2) is 8.42 Å². The maximum Gasteiger partial charge on any atom is 0.436 e. The average Bonchev–Trinajstić information content (AvgIpc) is 3.04. The Morgan fingerprint density at radius 3 is 2.24 bits per heavy atom.